The molecule has 10 heteroatoms. The number of benzene rings is 3. The quantitative estimate of drug-likeness (QED) is 0.425. The van der Waals surface area contributed by atoms with Crippen LogP contribution in [0.2, 0.25) is 0 Å². The lowest BCUT2D eigenvalue weighted by atomic mass is 9.92. The third-order valence-electron chi connectivity index (χ3n) is 6.33. The van der Waals surface area contributed by atoms with E-state index in [0.29, 0.717) is 11.3 Å². The van der Waals surface area contributed by atoms with Crippen molar-refractivity contribution in [2.75, 3.05) is 25.2 Å². The summed E-state index contributed by atoms with van der Waals surface area (Å²) in [5.74, 6) is -3.40. The summed E-state index contributed by atoms with van der Waals surface area (Å²) in [6.45, 7) is 0.622. The Balaban J connectivity index is 1.75. The van der Waals surface area contributed by atoms with E-state index in [2.05, 4.69) is 0 Å². The molecule has 9 nitrogen and oxygen atoms in total. The number of Topliss-reactive ketones (excluding diaryl/α,β-unsaturated/α-hetero) is 1. The van der Waals surface area contributed by atoms with Crippen molar-refractivity contribution < 1.29 is 38.5 Å². The van der Waals surface area contributed by atoms with Gasteiger partial charge in [-0.1, -0.05) is 12.1 Å². The first kappa shape index (κ1) is 27.2. The summed E-state index contributed by atoms with van der Waals surface area (Å²) in [6.07, 6.45) is 0. The summed E-state index contributed by atoms with van der Waals surface area (Å²) >= 11 is 0. The Morgan fingerprint density at radius 1 is 0.949 bits per heavy atom. The molecule has 0 saturated carbocycles. The van der Waals surface area contributed by atoms with E-state index in [1.54, 1.807) is 12.1 Å². The standard InChI is InChI=1S/C29H25FN2O7/c1-17(34)31(15-16-33)28(37)20-5-11-22(12-6-20)32-25(18-3-9-21(30)10-4-18)24(27(36)29(32)38)26(35)19-7-13-23(39-2)14-8-19/h3-14,25,33,36H,15-16H2,1-2H3. The van der Waals surface area contributed by atoms with E-state index >= 15 is 0 Å². The minimum Gasteiger partial charge on any atom is -0.503 e. The van der Waals surface area contributed by atoms with Gasteiger partial charge in [0.2, 0.25) is 5.91 Å². The maximum Gasteiger partial charge on any atom is 0.294 e. The topological polar surface area (TPSA) is 124 Å². The third kappa shape index (κ3) is 5.27. The first-order chi connectivity index (χ1) is 18.7. The van der Waals surface area contributed by atoms with Crippen molar-refractivity contribution in [2.45, 2.75) is 13.0 Å². The van der Waals surface area contributed by atoms with Gasteiger partial charge >= 0.3 is 0 Å². The van der Waals surface area contributed by atoms with Gasteiger partial charge in [0.15, 0.2) is 11.5 Å². The average molecular weight is 533 g/mol. The van der Waals surface area contributed by atoms with Gasteiger partial charge in [-0.15, -0.1) is 0 Å². The summed E-state index contributed by atoms with van der Waals surface area (Å²) in [5.41, 5.74) is 0.748. The van der Waals surface area contributed by atoms with E-state index in [-0.39, 0.29) is 28.9 Å². The van der Waals surface area contributed by atoms with Crippen LogP contribution in [0.5, 0.6) is 5.75 Å². The van der Waals surface area contributed by atoms with Gasteiger partial charge in [0, 0.05) is 23.7 Å². The number of amides is 3. The fraction of sp³-hybridized carbons (Fsp3) is 0.172. The van der Waals surface area contributed by atoms with E-state index in [1.165, 1.54) is 79.6 Å². The monoisotopic (exact) mass is 532 g/mol. The Kier molecular flexibility index (Phi) is 7.87. The average Bonchev–Trinajstić information content (AvgIpc) is 3.21. The number of halogens is 1. The zero-order valence-electron chi connectivity index (χ0n) is 21.1. The number of imide groups is 1. The molecule has 0 spiro atoms. The Labute approximate surface area is 223 Å². The zero-order valence-corrected chi connectivity index (χ0v) is 21.1. The lowest BCUT2D eigenvalue weighted by Crippen LogP contribution is -2.37. The molecule has 3 aromatic carbocycles. The number of anilines is 1. The molecule has 0 fully saturated rings. The van der Waals surface area contributed by atoms with Crippen molar-refractivity contribution in [1.82, 2.24) is 4.90 Å². The summed E-state index contributed by atoms with van der Waals surface area (Å²) in [4.78, 5) is 53.5. The van der Waals surface area contributed by atoms with Crippen molar-refractivity contribution >= 4 is 29.2 Å². The molecule has 0 bridgehead atoms. The summed E-state index contributed by atoms with van der Waals surface area (Å²) < 4.78 is 18.9. The maximum absolute atomic E-state index is 13.7. The minimum absolute atomic E-state index is 0.124. The van der Waals surface area contributed by atoms with E-state index in [1.807, 2.05) is 0 Å². The molecule has 3 aromatic rings. The molecule has 4 rings (SSSR count). The lowest BCUT2D eigenvalue weighted by molar-refractivity contribution is -0.126. The van der Waals surface area contributed by atoms with Crippen LogP contribution < -0.4 is 9.64 Å². The van der Waals surface area contributed by atoms with E-state index in [4.69, 9.17) is 4.74 Å². The molecule has 0 aliphatic carbocycles. The molecule has 0 aromatic heterocycles. The summed E-state index contributed by atoms with van der Waals surface area (Å²) in [6, 6.07) is 15.9. The number of nitrogens with zero attached hydrogens (tertiary/aromatic N) is 2. The minimum atomic E-state index is -1.10. The molecule has 200 valence electrons. The molecule has 0 saturated heterocycles. The van der Waals surface area contributed by atoms with Crippen molar-refractivity contribution in [3.63, 3.8) is 0 Å². The van der Waals surface area contributed by atoms with Crippen LogP contribution in [0, 0.1) is 5.82 Å². The Morgan fingerprint density at radius 3 is 2.08 bits per heavy atom. The van der Waals surface area contributed by atoms with Crippen LogP contribution in [0.3, 0.4) is 0 Å². The highest BCUT2D eigenvalue weighted by Crippen LogP contribution is 2.42. The number of aliphatic hydroxyl groups excluding tert-OH is 2. The van der Waals surface area contributed by atoms with Crippen LogP contribution >= 0.6 is 0 Å². The third-order valence-corrected chi connectivity index (χ3v) is 6.33. The first-order valence-corrected chi connectivity index (χ1v) is 11.9. The molecular formula is C29H25FN2O7. The second-order valence-corrected chi connectivity index (χ2v) is 8.70. The molecule has 1 aliphatic heterocycles. The van der Waals surface area contributed by atoms with Gasteiger partial charge in [-0.2, -0.15) is 0 Å². The highest BCUT2D eigenvalue weighted by molar-refractivity contribution is 6.21. The number of ketones is 1. The molecule has 1 heterocycles. The Morgan fingerprint density at radius 2 is 1.54 bits per heavy atom. The van der Waals surface area contributed by atoms with Gasteiger partial charge in [-0.25, -0.2) is 4.39 Å². The predicted octanol–water partition coefficient (Wildman–Crippen LogP) is 3.60. The second kappa shape index (κ2) is 11.3. The van der Waals surface area contributed by atoms with Gasteiger partial charge < -0.3 is 14.9 Å². The number of hydrogen-bond donors (Lipinski definition) is 2. The number of rotatable bonds is 8. The van der Waals surface area contributed by atoms with Gasteiger partial charge in [-0.05, 0) is 66.2 Å². The highest BCUT2D eigenvalue weighted by Gasteiger charge is 2.44. The first-order valence-electron chi connectivity index (χ1n) is 11.9. The van der Waals surface area contributed by atoms with Crippen LogP contribution in [0.25, 0.3) is 0 Å². The van der Waals surface area contributed by atoms with Crippen LogP contribution in [0.4, 0.5) is 10.1 Å². The number of hydrogen-bond acceptors (Lipinski definition) is 7. The number of carbonyl (C=O) groups excluding carboxylic acids is 4. The molecule has 2 N–H and O–H groups in total. The predicted molar refractivity (Wildman–Crippen MR) is 139 cm³/mol. The fourth-order valence-corrected chi connectivity index (χ4v) is 4.38. The summed E-state index contributed by atoms with van der Waals surface area (Å²) in [7, 11) is 1.48. The zero-order chi connectivity index (χ0) is 28.3. The number of ether oxygens (including phenoxy) is 1. The molecule has 0 radical (unpaired) electrons. The van der Waals surface area contributed by atoms with Gasteiger partial charge in [0.05, 0.1) is 31.9 Å². The number of aliphatic hydroxyl groups is 2. The summed E-state index contributed by atoms with van der Waals surface area (Å²) in [5, 5.41) is 20.1. The maximum atomic E-state index is 13.7. The lowest BCUT2D eigenvalue weighted by Gasteiger charge is -2.27. The molecule has 3 amide bonds. The molecular weight excluding hydrogens is 507 g/mol. The van der Waals surface area contributed by atoms with Crippen LogP contribution in [-0.4, -0.2) is 58.9 Å². The number of methoxy groups -OCH3 is 1. The van der Waals surface area contributed by atoms with Crippen molar-refractivity contribution in [3.8, 4) is 5.75 Å². The van der Waals surface area contributed by atoms with Crippen molar-refractivity contribution in [3.05, 3.63) is 107 Å². The van der Waals surface area contributed by atoms with Gasteiger partial charge in [-0.3, -0.25) is 29.0 Å². The van der Waals surface area contributed by atoms with Crippen molar-refractivity contribution in [1.29, 1.82) is 0 Å². The molecule has 1 unspecified atom stereocenters. The van der Waals surface area contributed by atoms with Gasteiger partial charge in [0.25, 0.3) is 11.8 Å². The highest BCUT2D eigenvalue weighted by atomic mass is 19.1. The second-order valence-electron chi connectivity index (χ2n) is 8.70. The molecule has 1 atom stereocenters. The van der Waals surface area contributed by atoms with Crippen molar-refractivity contribution in [2.24, 2.45) is 0 Å². The fourth-order valence-electron chi connectivity index (χ4n) is 4.38. The normalized spacial score (nSPS) is 14.9. The van der Waals surface area contributed by atoms with E-state index in [0.717, 1.165) is 4.90 Å². The van der Waals surface area contributed by atoms with Crippen LogP contribution in [0.1, 0.15) is 39.2 Å². The number of carbonyl (C=O) groups is 4. The largest absolute Gasteiger partial charge is 0.503 e. The molecule has 39 heavy (non-hydrogen) atoms. The smallest absolute Gasteiger partial charge is 0.294 e. The van der Waals surface area contributed by atoms with Crippen LogP contribution in [0.15, 0.2) is 84.1 Å². The van der Waals surface area contributed by atoms with Crippen LogP contribution in [-0.2, 0) is 9.59 Å². The molecule has 1 aliphatic rings. The SMILES string of the molecule is COc1ccc(C(=O)C2=C(O)C(=O)N(c3ccc(C(=O)N(CCO)C(C)=O)cc3)C2c2ccc(F)cc2)cc1. The van der Waals surface area contributed by atoms with E-state index in [9.17, 15) is 33.8 Å². The van der Waals surface area contributed by atoms with Gasteiger partial charge in [0.1, 0.15) is 11.6 Å². The Hall–Kier alpha value is -4.83. The Bertz CT molecular complexity index is 1450. The van der Waals surface area contributed by atoms with E-state index < -0.39 is 47.7 Å².